The number of rotatable bonds is 6. The molecule has 1 atom stereocenters. The summed E-state index contributed by atoms with van der Waals surface area (Å²) < 4.78 is 2.20. The highest BCUT2D eigenvalue weighted by molar-refractivity contribution is 8.00. The molecule has 1 aliphatic carbocycles. The molecule has 1 amide bonds. The molecule has 1 unspecified atom stereocenters. The number of thioether (sulfide) groups is 1. The first-order valence-corrected chi connectivity index (χ1v) is 10.3. The molecular formula is C20H26N4O2S. The molecule has 144 valence electrons. The molecule has 6 nitrogen and oxygen atoms in total. The lowest BCUT2D eigenvalue weighted by atomic mass is 9.95. The van der Waals surface area contributed by atoms with E-state index in [1.165, 1.54) is 37.9 Å². The van der Waals surface area contributed by atoms with Gasteiger partial charge in [-0.15, -0.1) is 10.2 Å². The van der Waals surface area contributed by atoms with Crippen LogP contribution in [0, 0.1) is 6.92 Å². The lowest BCUT2D eigenvalue weighted by molar-refractivity contribution is -0.115. The van der Waals surface area contributed by atoms with E-state index in [1.54, 1.807) is 24.3 Å². The van der Waals surface area contributed by atoms with Gasteiger partial charge >= 0.3 is 0 Å². The molecule has 1 aliphatic rings. The third-order valence-electron chi connectivity index (χ3n) is 4.96. The topological polar surface area (TPSA) is 76.9 Å². The number of aryl methyl sites for hydroxylation is 1. The minimum Gasteiger partial charge on any atom is -0.325 e. The van der Waals surface area contributed by atoms with E-state index in [-0.39, 0.29) is 16.9 Å². The zero-order valence-corrected chi connectivity index (χ0v) is 16.9. The summed E-state index contributed by atoms with van der Waals surface area (Å²) in [5.74, 6) is 0.771. The van der Waals surface area contributed by atoms with Crippen molar-refractivity contribution in [1.82, 2.24) is 14.8 Å². The van der Waals surface area contributed by atoms with Crippen LogP contribution in [0.15, 0.2) is 29.4 Å². The predicted molar refractivity (Wildman–Crippen MR) is 107 cm³/mol. The number of ketones is 1. The Morgan fingerprint density at radius 2 is 1.96 bits per heavy atom. The van der Waals surface area contributed by atoms with Gasteiger partial charge in [-0.1, -0.05) is 43.2 Å². The number of anilines is 1. The van der Waals surface area contributed by atoms with E-state index in [0.717, 1.165) is 23.8 Å². The molecule has 1 fully saturated rings. The molecule has 1 N–H and O–H groups in total. The van der Waals surface area contributed by atoms with Gasteiger partial charge in [0.1, 0.15) is 5.82 Å². The summed E-state index contributed by atoms with van der Waals surface area (Å²) in [6, 6.07) is 7.43. The summed E-state index contributed by atoms with van der Waals surface area (Å²) >= 11 is 1.43. The van der Waals surface area contributed by atoms with Crippen molar-refractivity contribution in [2.45, 2.75) is 69.3 Å². The molecule has 1 aromatic heterocycles. The van der Waals surface area contributed by atoms with Crippen LogP contribution in [0.3, 0.4) is 0 Å². The van der Waals surface area contributed by atoms with Crippen molar-refractivity contribution in [2.75, 3.05) is 5.32 Å². The fourth-order valence-corrected chi connectivity index (χ4v) is 4.43. The van der Waals surface area contributed by atoms with Gasteiger partial charge in [-0.25, -0.2) is 0 Å². The Bertz CT molecular complexity index is 827. The van der Waals surface area contributed by atoms with Crippen LogP contribution in [0.25, 0.3) is 0 Å². The van der Waals surface area contributed by atoms with Crippen LogP contribution in [-0.2, 0) is 4.79 Å². The number of aromatic nitrogens is 3. The monoisotopic (exact) mass is 386 g/mol. The van der Waals surface area contributed by atoms with E-state index in [2.05, 4.69) is 20.1 Å². The number of amides is 1. The highest BCUT2D eigenvalue weighted by Crippen LogP contribution is 2.33. The summed E-state index contributed by atoms with van der Waals surface area (Å²) in [4.78, 5) is 24.1. The molecule has 1 saturated carbocycles. The SMILES string of the molecule is CC(=O)c1cccc(NC(=O)C(C)Sc2nnc(C)n2C2CCCCC2)c1. The van der Waals surface area contributed by atoms with E-state index in [0.29, 0.717) is 17.3 Å². The average Bonchev–Trinajstić information content (AvgIpc) is 3.02. The quantitative estimate of drug-likeness (QED) is 0.588. The van der Waals surface area contributed by atoms with Crippen molar-refractivity contribution in [3.05, 3.63) is 35.7 Å². The Labute approximate surface area is 164 Å². The zero-order chi connectivity index (χ0) is 19.4. The first kappa shape index (κ1) is 19.6. The molecule has 0 bridgehead atoms. The van der Waals surface area contributed by atoms with Crippen LogP contribution in [0.5, 0.6) is 0 Å². The van der Waals surface area contributed by atoms with Crippen molar-refractivity contribution in [2.24, 2.45) is 0 Å². The molecule has 7 heteroatoms. The van der Waals surface area contributed by atoms with Crippen molar-refractivity contribution >= 4 is 29.1 Å². The van der Waals surface area contributed by atoms with Crippen LogP contribution in [0.2, 0.25) is 0 Å². The Balaban J connectivity index is 1.68. The maximum absolute atomic E-state index is 12.6. The largest absolute Gasteiger partial charge is 0.325 e. The number of benzene rings is 1. The molecule has 0 saturated heterocycles. The van der Waals surface area contributed by atoms with Crippen LogP contribution in [0.4, 0.5) is 5.69 Å². The first-order chi connectivity index (χ1) is 13.0. The van der Waals surface area contributed by atoms with E-state index in [1.807, 2.05) is 13.8 Å². The zero-order valence-electron chi connectivity index (χ0n) is 16.1. The Hall–Kier alpha value is -2.15. The lowest BCUT2D eigenvalue weighted by Crippen LogP contribution is -2.23. The summed E-state index contributed by atoms with van der Waals surface area (Å²) in [7, 11) is 0. The molecule has 0 spiro atoms. The van der Waals surface area contributed by atoms with E-state index < -0.39 is 0 Å². The summed E-state index contributed by atoms with van der Waals surface area (Å²) in [5, 5.41) is 11.9. The van der Waals surface area contributed by atoms with Gasteiger partial charge in [0.25, 0.3) is 0 Å². The van der Waals surface area contributed by atoms with E-state index in [9.17, 15) is 9.59 Å². The van der Waals surface area contributed by atoms with Gasteiger partial charge in [-0.3, -0.25) is 9.59 Å². The molecule has 0 radical (unpaired) electrons. The number of hydrogen-bond donors (Lipinski definition) is 1. The second-order valence-electron chi connectivity index (χ2n) is 7.08. The number of carbonyl (C=O) groups is 2. The van der Waals surface area contributed by atoms with E-state index in [4.69, 9.17) is 0 Å². The maximum atomic E-state index is 12.6. The standard InChI is InChI=1S/C20H26N4O2S/c1-13(25)16-8-7-9-17(12-16)21-19(26)14(2)27-20-23-22-15(3)24(20)18-10-5-4-6-11-18/h7-9,12,14,18H,4-6,10-11H2,1-3H3,(H,21,26). The van der Waals surface area contributed by atoms with Gasteiger partial charge in [0.05, 0.1) is 5.25 Å². The third-order valence-corrected chi connectivity index (χ3v) is 6.02. The van der Waals surface area contributed by atoms with Crippen LogP contribution in [-0.4, -0.2) is 31.7 Å². The smallest absolute Gasteiger partial charge is 0.237 e. The predicted octanol–water partition coefficient (Wildman–Crippen LogP) is 4.41. The minimum atomic E-state index is -0.322. The molecule has 3 rings (SSSR count). The van der Waals surface area contributed by atoms with Gasteiger partial charge in [0, 0.05) is 17.3 Å². The van der Waals surface area contributed by atoms with Gasteiger partial charge in [0.2, 0.25) is 5.91 Å². The van der Waals surface area contributed by atoms with Crippen molar-refractivity contribution in [3.8, 4) is 0 Å². The van der Waals surface area contributed by atoms with Crippen LogP contribution >= 0.6 is 11.8 Å². The Morgan fingerprint density at radius 3 is 2.67 bits per heavy atom. The number of Topliss-reactive ketones (excluding diaryl/α,β-unsaturated/α-hetero) is 1. The Morgan fingerprint density at radius 1 is 1.22 bits per heavy atom. The molecular weight excluding hydrogens is 360 g/mol. The fourth-order valence-electron chi connectivity index (χ4n) is 3.46. The second kappa shape index (κ2) is 8.69. The molecule has 2 aromatic rings. The maximum Gasteiger partial charge on any atom is 0.237 e. The lowest BCUT2D eigenvalue weighted by Gasteiger charge is -2.25. The van der Waals surface area contributed by atoms with Crippen molar-refractivity contribution < 1.29 is 9.59 Å². The van der Waals surface area contributed by atoms with E-state index >= 15 is 0 Å². The highest BCUT2D eigenvalue weighted by atomic mass is 32.2. The number of hydrogen-bond acceptors (Lipinski definition) is 5. The third kappa shape index (κ3) is 4.77. The normalized spacial score (nSPS) is 16.1. The van der Waals surface area contributed by atoms with Crippen molar-refractivity contribution in [3.63, 3.8) is 0 Å². The summed E-state index contributed by atoms with van der Waals surface area (Å²) in [6.07, 6.45) is 6.04. The molecule has 1 heterocycles. The number of nitrogens with zero attached hydrogens (tertiary/aromatic N) is 3. The molecule has 1 aromatic carbocycles. The highest BCUT2D eigenvalue weighted by Gasteiger charge is 2.24. The van der Waals surface area contributed by atoms with Crippen LogP contribution in [0.1, 0.15) is 68.2 Å². The first-order valence-electron chi connectivity index (χ1n) is 9.45. The summed E-state index contributed by atoms with van der Waals surface area (Å²) in [6.45, 7) is 5.35. The molecule has 0 aliphatic heterocycles. The number of nitrogens with one attached hydrogen (secondary N) is 1. The minimum absolute atomic E-state index is 0.0235. The van der Waals surface area contributed by atoms with Crippen LogP contribution < -0.4 is 5.32 Å². The number of carbonyl (C=O) groups excluding carboxylic acids is 2. The van der Waals surface area contributed by atoms with Gasteiger partial charge in [-0.05, 0) is 45.7 Å². The summed E-state index contributed by atoms with van der Waals surface area (Å²) in [5.41, 5.74) is 1.21. The van der Waals surface area contributed by atoms with Gasteiger partial charge in [-0.2, -0.15) is 0 Å². The molecule has 27 heavy (non-hydrogen) atoms. The average molecular weight is 387 g/mol. The van der Waals surface area contributed by atoms with Crippen molar-refractivity contribution in [1.29, 1.82) is 0 Å². The Kier molecular flexibility index (Phi) is 6.31. The second-order valence-corrected chi connectivity index (χ2v) is 8.39. The van der Waals surface area contributed by atoms with Gasteiger partial charge < -0.3 is 9.88 Å². The fraction of sp³-hybridized carbons (Fsp3) is 0.500. The van der Waals surface area contributed by atoms with Gasteiger partial charge in [0.15, 0.2) is 10.9 Å².